The molecule has 10 heavy (non-hydrogen) atoms. The van der Waals surface area contributed by atoms with Crippen LogP contribution < -0.4 is 0 Å². The van der Waals surface area contributed by atoms with Gasteiger partial charge in [0.1, 0.15) is 6.10 Å². The normalized spacial score (nSPS) is 38.3. The number of halogens is 1. The Morgan fingerprint density at radius 2 is 2.20 bits per heavy atom. The lowest BCUT2D eigenvalue weighted by molar-refractivity contribution is 0.156. The molecule has 2 rings (SSSR count). The molecule has 56 valence electrons. The van der Waals surface area contributed by atoms with Crippen LogP contribution in [0, 0.1) is 0 Å². The Labute approximate surface area is 65.2 Å². The molecular formula is C7H10ClNO. The van der Waals surface area contributed by atoms with Gasteiger partial charge < -0.3 is 4.74 Å². The van der Waals surface area contributed by atoms with Crippen LogP contribution in [0.25, 0.3) is 0 Å². The van der Waals surface area contributed by atoms with E-state index >= 15 is 0 Å². The molecule has 2 aliphatic rings. The van der Waals surface area contributed by atoms with E-state index in [2.05, 4.69) is 4.99 Å². The summed E-state index contributed by atoms with van der Waals surface area (Å²) in [5, 5.41) is 0.372. The zero-order chi connectivity index (χ0) is 6.97. The second-order valence-electron chi connectivity index (χ2n) is 2.89. The zero-order valence-electron chi connectivity index (χ0n) is 5.72. The van der Waals surface area contributed by atoms with Crippen LogP contribution in [0.3, 0.4) is 0 Å². The summed E-state index contributed by atoms with van der Waals surface area (Å²) in [6.45, 7) is 0. The molecule has 0 radical (unpaired) electrons. The highest BCUT2D eigenvalue weighted by Gasteiger charge is 2.31. The van der Waals surface area contributed by atoms with Crippen molar-refractivity contribution in [2.75, 3.05) is 0 Å². The highest BCUT2D eigenvalue weighted by atomic mass is 35.5. The third kappa shape index (κ3) is 1.01. The van der Waals surface area contributed by atoms with Crippen LogP contribution in [0.5, 0.6) is 0 Å². The van der Waals surface area contributed by atoms with Crippen molar-refractivity contribution in [3.8, 4) is 0 Å². The van der Waals surface area contributed by atoms with Crippen LogP contribution in [0.15, 0.2) is 4.99 Å². The first-order valence-electron chi connectivity index (χ1n) is 3.76. The fraction of sp³-hybridized carbons (Fsp3) is 0.857. The van der Waals surface area contributed by atoms with E-state index in [-0.39, 0.29) is 0 Å². The summed E-state index contributed by atoms with van der Waals surface area (Å²) in [4.78, 5) is 4.17. The lowest BCUT2D eigenvalue weighted by atomic mass is 9.94. The largest absolute Gasteiger partial charge is 0.464 e. The molecule has 0 N–H and O–H groups in total. The molecule has 0 saturated heterocycles. The molecule has 0 aromatic carbocycles. The Bertz CT molecular complexity index is 169. The molecule has 1 aliphatic carbocycles. The van der Waals surface area contributed by atoms with E-state index in [0.717, 1.165) is 12.8 Å². The molecule has 0 aromatic heterocycles. The van der Waals surface area contributed by atoms with Crippen molar-refractivity contribution in [1.29, 1.82) is 0 Å². The number of rotatable bonds is 0. The van der Waals surface area contributed by atoms with Crippen LogP contribution in [0.2, 0.25) is 0 Å². The number of hydrogen-bond donors (Lipinski definition) is 0. The third-order valence-electron chi connectivity index (χ3n) is 2.18. The minimum Gasteiger partial charge on any atom is -0.464 e. The number of aliphatic imine (C=N–C) groups is 1. The van der Waals surface area contributed by atoms with Gasteiger partial charge in [-0.1, -0.05) is 6.42 Å². The van der Waals surface area contributed by atoms with Gasteiger partial charge in [-0.05, 0) is 30.9 Å². The van der Waals surface area contributed by atoms with Gasteiger partial charge in [0.2, 0.25) is 0 Å². The predicted octanol–water partition coefficient (Wildman–Crippen LogP) is 1.92. The topological polar surface area (TPSA) is 21.6 Å². The Morgan fingerprint density at radius 3 is 3.00 bits per heavy atom. The van der Waals surface area contributed by atoms with Crippen molar-refractivity contribution in [1.82, 2.24) is 0 Å². The average Bonchev–Trinajstić information content (AvgIpc) is 2.27. The number of ether oxygens (including phenoxy) is 1. The predicted molar refractivity (Wildman–Crippen MR) is 40.4 cm³/mol. The molecule has 2 unspecified atom stereocenters. The lowest BCUT2D eigenvalue weighted by Gasteiger charge is -2.21. The second-order valence-corrected chi connectivity index (χ2v) is 3.21. The Hall–Kier alpha value is -0.240. The van der Waals surface area contributed by atoms with E-state index in [4.69, 9.17) is 16.3 Å². The molecule has 1 heterocycles. The van der Waals surface area contributed by atoms with Crippen LogP contribution in [0.4, 0.5) is 0 Å². The maximum Gasteiger partial charge on any atom is 0.282 e. The van der Waals surface area contributed by atoms with Crippen molar-refractivity contribution in [2.45, 2.75) is 37.8 Å². The van der Waals surface area contributed by atoms with Gasteiger partial charge in [0, 0.05) is 0 Å². The van der Waals surface area contributed by atoms with Crippen molar-refractivity contribution < 1.29 is 4.74 Å². The summed E-state index contributed by atoms with van der Waals surface area (Å²) in [5.74, 6) is 0. The molecule has 1 saturated carbocycles. The van der Waals surface area contributed by atoms with Crippen molar-refractivity contribution in [3.05, 3.63) is 0 Å². The highest BCUT2D eigenvalue weighted by Crippen LogP contribution is 2.28. The van der Waals surface area contributed by atoms with Gasteiger partial charge in [0.05, 0.1) is 6.04 Å². The van der Waals surface area contributed by atoms with Gasteiger partial charge in [-0.25, -0.2) is 4.99 Å². The Kier molecular flexibility index (Phi) is 1.57. The van der Waals surface area contributed by atoms with E-state index in [1.165, 1.54) is 12.8 Å². The quantitative estimate of drug-likeness (QED) is 0.529. The molecule has 0 spiro atoms. The summed E-state index contributed by atoms with van der Waals surface area (Å²) >= 11 is 5.61. The molecule has 3 heteroatoms. The summed E-state index contributed by atoms with van der Waals surface area (Å²) < 4.78 is 5.28. The molecule has 2 atom stereocenters. The minimum absolute atomic E-state index is 0.307. The maximum absolute atomic E-state index is 5.61. The standard InChI is InChI=1S/C7H10ClNO/c8-7-9-5-3-1-2-4-6(5)10-7/h5-6H,1-4H2. The van der Waals surface area contributed by atoms with Crippen molar-refractivity contribution in [3.63, 3.8) is 0 Å². The van der Waals surface area contributed by atoms with E-state index in [0.29, 0.717) is 17.5 Å². The second kappa shape index (κ2) is 2.42. The van der Waals surface area contributed by atoms with Crippen molar-refractivity contribution in [2.24, 2.45) is 4.99 Å². The average molecular weight is 160 g/mol. The Balaban J connectivity index is 2.06. The molecule has 2 nitrogen and oxygen atoms in total. The SMILES string of the molecule is ClC1=NC2CCCCC2O1. The number of fused-ring (bicyclic) bond motifs is 1. The fourth-order valence-corrected chi connectivity index (χ4v) is 1.89. The highest BCUT2D eigenvalue weighted by molar-refractivity contribution is 6.63. The maximum atomic E-state index is 5.61. The first-order valence-corrected chi connectivity index (χ1v) is 4.14. The first-order chi connectivity index (χ1) is 4.86. The molecule has 0 aromatic rings. The van der Waals surface area contributed by atoms with Gasteiger partial charge in [-0.3, -0.25) is 0 Å². The number of nitrogens with zero attached hydrogens (tertiary/aromatic N) is 1. The van der Waals surface area contributed by atoms with Crippen LogP contribution in [0.1, 0.15) is 25.7 Å². The van der Waals surface area contributed by atoms with Crippen LogP contribution in [-0.2, 0) is 4.74 Å². The minimum atomic E-state index is 0.307. The monoisotopic (exact) mass is 159 g/mol. The smallest absolute Gasteiger partial charge is 0.282 e. The van der Waals surface area contributed by atoms with Gasteiger partial charge in [-0.2, -0.15) is 0 Å². The fourth-order valence-electron chi connectivity index (χ4n) is 1.65. The first kappa shape index (κ1) is 6.47. The van der Waals surface area contributed by atoms with E-state index in [1.807, 2.05) is 0 Å². The van der Waals surface area contributed by atoms with Gasteiger partial charge in [0.25, 0.3) is 5.36 Å². The van der Waals surface area contributed by atoms with Crippen LogP contribution >= 0.6 is 11.6 Å². The summed E-state index contributed by atoms with van der Waals surface area (Å²) in [6.07, 6.45) is 5.13. The van der Waals surface area contributed by atoms with Gasteiger partial charge in [0.15, 0.2) is 0 Å². The van der Waals surface area contributed by atoms with Crippen molar-refractivity contribution >= 4 is 17.0 Å². The van der Waals surface area contributed by atoms with Gasteiger partial charge in [-0.15, -0.1) is 0 Å². The van der Waals surface area contributed by atoms with Gasteiger partial charge >= 0.3 is 0 Å². The molecule has 0 amide bonds. The Morgan fingerprint density at radius 1 is 1.40 bits per heavy atom. The lowest BCUT2D eigenvalue weighted by Crippen LogP contribution is -2.25. The summed E-state index contributed by atoms with van der Waals surface area (Å²) in [5.41, 5.74) is 0. The van der Waals surface area contributed by atoms with E-state index < -0.39 is 0 Å². The third-order valence-corrected chi connectivity index (χ3v) is 2.37. The molecule has 1 aliphatic heterocycles. The van der Waals surface area contributed by atoms with E-state index in [1.54, 1.807) is 0 Å². The van der Waals surface area contributed by atoms with Crippen LogP contribution in [-0.4, -0.2) is 17.5 Å². The molecular weight excluding hydrogens is 150 g/mol. The number of hydrogen-bond acceptors (Lipinski definition) is 2. The summed E-state index contributed by atoms with van der Waals surface area (Å²) in [6, 6.07) is 0.376. The zero-order valence-corrected chi connectivity index (χ0v) is 6.47. The molecule has 1 fully saturated rings. The molecule has 0 bridgehead atoms. The summed E-state index contributed by atoms with van der Waals surface area (Å²) in [7, 11) is 0. The van der Waals surface area contributed by atoms with E-state index in [9.17, 15) is 0 Å².